The predicted octanol–water partition coefficient (Wildman–Crippen LogP) is 3.73. The van der Waals surface area contributed by atoms with Gasteiger partial charge in [0.2, 0.25) is 0 Å². The third kappa shape index (κ3) is 4.60. The van der Waals surface area contributed by atoms with Crippen LogP contribution in [0.15, 0.2) is 41.4 Å². The van der Waals surface area contributed by atoms with Gasteiger partial charge in [-0.3, -0.25) is 14.9 Å². The summed E-state index contributed by atoms with van der Waals surface area (Å²) in [6.07, 6.45) is 1.99. The average Bonchev–Trinajstić information content (AvgIpc) is 3.07. The summed E-state index contributed by atoms with van der Waals surface area (Å²) in [5, 5.41) is 11.1. The zero-order valence-electron chi connectivity index (χ0n) is 16.1. The molecule has 0 unspecified atom stereocenters. The minimum atomic E-state index is -0.443. The molecule has 152 valence electrons. The number of benzene rings is 2. The van der Waals surface area contributed by atoms with Crippen LogP contribution < -0.4 is 14.3 Å². The van der Waals surface area contributed by atoms with E-state index in [4.69, 9.17) is 9.47 Å². The van der Waals surface area contributed by atoms with Crippen LogP contribution in [0.2, 0.25) is 0 Å². The maximum Gasteiger partial charge on any atom is 0.279 e. The SMILES string of the molecule is COc1cc(OC)cc(C(=O)N=c2sc3cc([N+](=O)[O-])ccc3n2CCSC)c1. The van der Waals surface area contributed by atoms with Crippen LogP contribution in [0, 0.1) is 10.1 Å². The second-order valence-corrected chi connectivity index (χ2v) is 7.95. The van der Waals surface area contributed by atoms with E-state index < -0.39 is 10.8 Å². The number of ether oxygens (including phenoxy) is 2. The van der Waals surface area contributed by atoms with Crippen LogP contribution in [0.5, 0.6) is 11.5 Å². The third-order valence-corrected chi connectivity index (χ3v) is 5.82. The van der Waals surface area contributed by atoms with Crippen molar-refractivity contribution >= 4 is 44.9 Å². The Bertz CT molecular complexity index is 1110. The fraction of sp³-hybridized carbons (Fsp3) is 0.263. The number of hydrogen-bond acceptors (Lipinski definition) is 7. The Hall–Kier alpha value is -2.85. The van der Waals surface area contributed by atoms with Crippen molar-refractivity contribution in [1.82, 2.24) is 4.57 Å². The lowest BCUT2D eigenvalue weighted by molar-refractivity contribution is -0.384. The summed E-state index contributed by atoms with van der Waals surface area (Å²) in [7, 11) is 3.02. The number of nitrogens with zero attached hydrogens (tertiary/aromatic N) is 3. The van der Waals surface area contributed by atoms with Gasteiger partial charge in [0.1, 0.15) is 11.5 Å². The summed E-state index contributed by atoms with van der Waals surface area (Å²) in [5.41, 5.74) is 1.15. The molecule has 29 heavy (non-hydrogen) atoms. The summed E-state index contributed by atoms with van der Waals surface area (Å²) in [4.78, 5) is 28.3. The molecule has 0 fully saturated rings. The van der Waals surface area contributed by atoms with Crippen LogP contribution in [0.4, 0.5) is 5.69 Å². The maximum atomic E-state index is 12.8. The van der Waals surface area contributed by atoms with Gasteiger partial charge < -0.3 is 14.0 Å². The molecule has 1 heterocycles. The van der Waals surface area contributed by atoms with Crippen molar-refractivity contribution in [3.8, 4) is 11.5 Å². The first kappa shape index (κ1) is 20.9. The number of hydrogen-bond donors (Lipinski definition) is 0. The summed E-state index contributed by atoms with van der Waals surface area (Å²) in [6, 6.07) is 9.53. The number of nitro groups is 1. The van der Waals surface area contributed by atoms with Crippen molar-refractivity contribution in [2.75, 3.05) is 26.2 Å². The van der Waals surface area contributed by atoms with E-state index >= 15 is 0 Å². The van der Waals surface area contributed by atoms with E-state index in [2.05, 4.69) is 4.99 Å². The zero-order valence-corrected chi connectivity index (χ0v) is 17.7. The van der Waals surface area contributed by atoms with E-state index in [0.29, 0.717) is 33.1 Å². The lowest BCUT2D eigenvalue weighted by atomic mass is 10.2. The molecule has 3 aromatic rings. The van der Waals surface area contributed by atoms with Crippen molar-refractivity contribution in [3.05, 3.63) is 56.9 Å². The van der Waals surface area contributed by atoms with Gasteiger partial charge in [-0.05, 0) is 24.5 Å². The van der Waals surface area contributed by atoms with Gasteiger partial charge >= 0.3 is 0 Å². The van der Waals surface area contributed by atoms with E-state index in [0.717, 1.165) is 11.3 Å². The van der Waals surface area contributed by atoms with Crippen molar-refractivity contribution < 1.29 is 19.2 Å². The van der Waals surface area contributed by atoms with Crippen LogP contribution >= 0.6 is 23.1 Å². The van der Waals surface area contributed by atoms with Crippen LogP contribution in [0.1, 0.15) is 10.4 Å². The Kier molecular flexibility index (Phi) is 6.55. The van der Waals surface area contributed by atoms with Gasteiger partial charge in [-0.25, -0.2) is 0 Å². The van der Waals surface area contributed by atoms with Crippen molar-refractivity contribution in [2.45, 2.75) is 6.54 Å². The Morgan fingerprint density at radius 3 is 2.48 bits per heavy atom. The Balaban J connectivity index is 2.12. The first-order valence-electron chi connectivity index (χ1n) is 8.55. The molecule has 0 spiro atoms. The number of nitro benzene ring substituents is 1. The van der Waals surface area contributed by atoms with Gasteiger partial charge in [-0.1, -0.05) is 11.3 Å². The van der Waals surface area contributed by atoms with Gasteiger partial charge in [-0.2, -0.15) is 16.8 Å². The van der Waals surface area contributed by atoms with E-state index in [1.807, 2.05) is 10.8 Å². The normalized spacial score (nSPS) is 11.6. The molecule has 0 saturated heterocycles. The first-order valence-corrected chi connectivity index (χ1v) is 10.8. The van der Waals surface area contributed by atoms with Crippen molar-refractivity contribution in [1.29, 1.82) is 0 Å². The van der Waals surface area contributed by atoms with E-state index in [-0.39, 0.29) is 5.69 Å². The number of rotatable bonds is 7. The molecule has 2 aromatic carbocycles. The number of fused-ring (bicyclic) bond motifs is 1. The highest BCUT2D eigenvalue weighted by atomic mass is 32.2. The standard InChI is InChI=1S/C19H19N3O5S2/c1-26-14-8-12(9-15(11-14)27-2)18(23)20-19-21(6-7-28-3)16-5-4-13(22(24)25)10-17(16)29-19/h4-5,8-11H,6-7H2,1-3H3. The molecule has 0 aliphatic rings. The molecule has 3 rings (SSSR count). The molecule has 0 N–H and O–H groups in total. The molecule has 0 atom stereocenters. The van der Waals surface area contributed by atoms with Gasteiger partial charge in [0.15, 0.2) is 4.80 Å². The summed E-state index contributed by atoms with van der Waals surface area (Å²) < 4.78 is 13.0. The third-order valence-electron chi connectivity index (χ3n) is 4.19. The molecule has 1 aromatic heterocycles. The number of methoxy groups -OCH3 is 2. The first-order chi connectivity index (χ1) is 14.0. The summed E-state index contributed by atoms with van der Waals surface area (Å²) in [6.45, 7) is 0.631. The van der Waals surface area contributed by atoms with E-state index in [9.17, 15) is 14.9 Å². The summed E-state index contributed by atoms with van der Waals surface area (Å²) in [5.74, 6) is 1.35. The fourth-order valence-electron chi connectivity index (χ4n) is 2.74. The number of carbonyl (C=O) groups is 1. The zero-order chi connectivity index (χ0) is 21.0. The molecule has 0 radical (unpaired) electrons. The number of carbonyl (C=O) groups excluding carboxylic acids is 1. The number of amides is 1. The molecular weight excluding hydrogens is 414 g/mol. The average molecular weight is 434 g/mol. The highest BCUT2D eigenvalue weighted by Gasteiger charge is 2.14. The molecule has 0 aliphatic heterocycles. The van der Waals surface area contributed by atoms with Crippen LogP contribution in [0.3, 0.4) is 0 Å². The maximum absolute atomic E-state index is 12.8. The van der Waals surface area contributed by atoms with Gasteiger partial charge in [-0.15, -0.1) is 0 Å². The minimum absolute atomic E-state index is 0.00572. The second kappa shape index (κ2) is 9.10. The molecule has 0 bridgehead atoms. The highest BCUT2D eigenvalue weighted by Crippen LogP contribution is 2.25. The molecule has 0 aliphatic carbocycles. The van der Waals surface area contributed by atoms with Crippen LogP contribution in [-0.2, 0) is 6.54 Å². The number of thioether (sulfide) groups is 1. The predicted molar refractivity (Wildman–Crippen MR) is 114 cm³/mol. The Labute approximate surface area is 174 Å². The fourth-order valence-corrected chi connectivity index (χ4v) is 4.19. The Morgan fingerprint density at radius 2 is 1.90 bits per heavy atom. The highest BCUT2D eigenvalue weighted by molar-refractivity contribution is 7.98. The van der Waals surface area contributed by atoms with Gasteiger partial charge in [0, 0.05) is 36.1 Å². The van der Waals surface area contributed by atoms with E-state index in [1.165, 1.54) is 37.7 Å². The number of aromatic nitrogens is 1. The van der Waals surface area contributed by atoms with E-state index in [1.54, 1.807) is 36.0 Å². The van der Waals surface area contributed by atoms with Crippen molar-refractivity contribution in [3.63, 3.8) is 0 Å². The van der Waals surface area contributed by atoms with Gasteiger partial charge in [0.05, 0.1) is 29.4 Å². The lowest BCUT2D eigenvalue weighted by Crippen LogP contribution is -2.18. The minimum Gasteiger partial charge on any atom is -0.497 e. The second-order valence-electron chi connectivity index (χ2n) is 5.96. The number of thiazole rings is 1. The Morgan fingerprint density at radius 1 is 1.21 bits per heavy atom. The molecular formula is C19H19N3O5S2. The molecule has 0 saturated carbocycles. The molecule has 10 heteroatoms. The smallest absolute Gasteiger partial charge is 0.279 e. The number of non-ortho nitro benzene ring substituents is 1. The molecule has 1 amide bonds. The largest absolute Gasteiger partial charge is 0.497 e. The van der Waals surface area contributed by atoms with Crippen LogP contribution in [0.25, 0.3) is 10.2 Å². The monoisotopic (exact) mass is 433 g/mol. The number of aryl methyl sites for hydroxylation is 1. The molecule has 8 nitrogen and oxygen atoms in total. The van der Waals surface area contributed by atoms with Gasteiger partial charge in [0.25, 0.3) is 11.6 Å². The summed E-state index contributed by atoms with van der Waals surface area (Å²) >= 11 is 2.91. The lowest BCUT2D eigenvalue weighted by Gasteiger charge is -2.06. The topological polar surface area (TPSA) is 96.0 Å². The quantitative estimate of drug-likeness (QED) is 0.416. The van der Waals surface area contributed by atoms with Crippen molar-refractivity contribution in [2.24, 2.45) is 4.99 Å². The van der Waals surface area contributed by atoms with Crippen LogP contribution in [-0.4, -0.2) is 41.6 Å².